The largest absolute Gasteiger partial charge is 0.435 e. The lowest BCUT2D eigenvalue weighted by Crippen LogP contribution is -2.72. The molecule has 0 aromatic rings. The first-order chi connectivity index (χ1) is 6.19. The van der Waals surface area contributed by atoms with Gasteiger partial charge in [-0.15, -0.1) is 0 Å². The number of alkyl halides is 3. The number of carbonyl (C=O) groups excluding carboxylic acids is 3. The molecule has 0 aromatic carbocycles. The molecule has 1 aliphatic heterocycles. The smallest absolute Gasteiger partial charge is 0.365 e. The van der Waals surface area contributed by atoms with Crippen molar-refractivity contribution in [2.75, 3.05) is 0 Å². The van der Waals surface area contributed by atoms with Crippen LogP contribution in [0.5, 0.6) is 0 Å². The zero-order valence-corrected chi connectivity index (χ0v) is 6.31. The van der Waals surface area contributed by atoms with Crippen molar-refractivity contribution in [3.8, 4) is 0 Å². The Balaban J connectivity index is 3.15. The first kappa shape index (κ1) is 10.4. The normalized spacial score (nSPS) is 21.6. The van der Waals surface area contributed by atoms with Crippen molar-refractivity contribution in [1.82, 2.24) is 10.6 Å². The number of amides is 4. The minimum absolute atomic E-state index is 1.13. The molecule has 14 heavy (non-hydrogen) atoms. The van der Waals surface area contributed by atoms with Gasteiger partial charge in [0, 0.05) is 0 Å². The molecule has 1 aliphatic rings. The Hall–Kier alpha value is -1.64. The molecule has 0 atom stereocenters. The van der Waals surface area contributed by atoms with Gasteiger partial charge in [-0.25, -0.2) is 4.79 Å². The van der Waals surface area contributed by atoms with Crippen molar-refractivity contribution in [1.29, 1.82) is 0 Å². The molecule has 6 nitrogen and oxygen atoms in total. The van der Waals surface area contributed by atoms with Crippen molar-refractivity contribution < 1.29 is 32.7 Å². The molecule has 3 N–H and O–H groups in total. The average molecular weight is 212 g/mol. The number of rotatable bonds is 0. The van der Waals surface area contributed by atoms with Gasteiger partial charge in [0.1, 0.15) is 0 Å². The zero-order chi connectivity index (χ0) is 11.1. The number of hydrogen-bond donors (Lipinski definition) is 3. The van der Waals surface area contributed by atoms with Gasteiger partial charge in [0.2, 0.25) is 0 Å². The standard InChI is InChI=1S/C5H3F3N2O4/c6-5(7,8)4(14)1(11)9-3(13)10-2(4)12/h14H,(H2,9,10,11,12,13). The van der Waals surface area contributed by atoms with Crippen LogP contribution in [0.25, 0.3) is 0 Å². The van der Waals surface area contributed by atoms with E-state index < -0.39 is 29.6 Å². The molecule has 0 spiro atoms. The van der Waals surface area contributed by atoms with Gasteiger partial charge in [-0.1, -0.05) is 0 Å². The summed E-state index contributed by atoms with van der Waals surface area (Å²) >= 11 is 0. The number of aliphatic hydroxyl groups is 1. The molecule has 0 bridgehead atoms. The van der Waals surface area contributed by atoms with Gasteiger partial charge in [-0.05, 0) is 0 Å². The molecule has 0 saturated carbocycles. The maximum atomic E-state index is 12.1. The molecule has 1 heterocycles. The zero-order valence-electron chi connectivity index (χ0n) is 6.31. The van der Waals surface area contributed by atoms with Gasteiger partial charge >= 0.3 is 17.8 Å². The van der Waals surface area contributed by atoms with Crippen LogP contribution in [0.15, 0.2) is 0 Å². The molecule has 0 aliphatic carbocycles. The SMILES string of the molecule is O=C1NC(=O)C(O)(C(F)(F)F)C(=O)N1. The topological polar surface area (TPSA) is 95.5 Å². The Kier molecular flexibility index (Phi) is 1.99. The lowest BCUT2D eigenvalue weighted by molar-refractivity contribution is -0.245. The third kappa shape index (κ3) is 1.21. The van der Waals surface area contributed by atoms with E-state index in [1.165, 1.54) is 0 Å². The highest BCUT2D eigenvalue weighted by atomic mass is 19.4. The van der Waals surface area contributed by atoms with E-state index in [4.69, 9.17) is 5.11 Å². The van der Waals surface area contributed by atoms with E-state index >= 15 is 0 Å². The first-order valence-electron chi connectivity index (χ1n) is 3.15. The highest BCUT2D eigenvalue weighted by molar-refractivity contribution is 6.22. The van der Waals surface area contributed by atoms with Crippen LogP contribution in [0.1, 0.15) is 0 Å². The third-order valence-electron chi connectivity index (χ3n) is 1.52. The predicted molar refractivity (Wildman–Crippen MR) is 32.7 cm³/mol. The molecule has 0 radical (unpaired) electrons. The van der Waals surface area contributed by atoms with E-state index in [1.807, 2.05) is 0 Å². The van der Waals surface area contributed by atoms with E-state index in [9.17, 15) is 27.6 Å². The molecule has 4 amide bonds. The van der Waals surface area contributed by atoms with Crippen LogP contribution in [-0.2, 0) is 9.59 Å². The molecule has 78 valence electrons. The van der Waals surface area contributed by atoms with Crippen molar-refractivity contribution >= 4 is 17.8 Å². The number of barbiturate groups is 1. The number of nitrogens with one attached hydrogen (secondary N) is 2. The highest BCUT2D eigenvalue weighted by Gasteiger charge is 2.67. The fourth-order valence-electron chi connectivity index (χ4n) is 0.779. The van der Waals surface area contributed by atoms with Crippen LogP contribution >= 0.6 is 0 Å². The Labute approximate surface area is 74.1 Å². The van der Waals surface area contributed by atoms with Crippen molar-refractivity contribution in [2.45, 2.75) is 11.8 Å². The molecular formula is C5H3F3N2O4. The fraction of sp³-hybridized carbons (Fsp3) is 0.400. The fourth-order valence-corrected chi connectivity index (χ4v) is 0.779. The van der Waals surface area contributed by atoms with Crippen LogP contribution in [0.3, 0.4) is 0 Å². The Morgan fingerprint density at radius 3 is 1.71 bits per heavy atom. The lowest BCUT2D eigenvalue weighted by Gasteiger charge is -2.30. The first-order valence-corrected chi connectivity index (χ1v) is 3.15. The van der Waals surface area contributed by atoms with E-state index in [-0.39, 0.29) is 0 Å². The second kappa shape index (κ2) is 2.67. The minimum Gasteiger partial charge on any atom is -0.365 e. The maximum absolute atomic E-state index is 12.1. The van der Waals surface area contributed by atoms with Gasteiger partial charge in [0.05, 0.1) is 0 Å². The Bertz CT molecular complexity index is 303. The average Bonchev–Trinajstić information content (AvgIpc) is 1.97. The molecule has 1 rings (SSSR count). The second-order valence-corrected chi connectivity index (χ2v) is 2.45. The summed E-state index contributed by atoms with van der Waals surface area (Å²) in [6.45, 7) is 0. The van der Waals surface area contributed by atoms with E-state index in [1.54, 1.807) is 0 Å². The lowest BCUT2D eigenvalue weighted by atomic mass is 10.00. The number of hydrogen-bond acceptors (Lipinski definition) is 4. The molecule has 9 heteroatoms. The molecular weight excluding hydrogens is 209 g/mol. The Morgan fingerprint density at radius 1 is 1.07 bits per heavy atom. The number of urea groups is 1. The van der Waals surface area contributed by atoms with Crippen LogP contribution in [-0.4, -0.2) is 34.7 Å². The van der Waals surface area contributed by atoms with Crippen molar-refractivity contribution in [3.05, 3.63) is 0 Å². The van der Waals surface area contributed by atoms with E-state index in [2.05, 4.69) is 0 Å². The summed E-state index contributed by atoms with van der Waals surface area (Å²) < 4.78 is 36.2. The van der Waals surface area contributed by atoms with Crippen molar-refractivity contribution in [3.63, 3.8) is 0 Å². The highest BCUT2D eigenvalue weighted by Crippen LogP contribution is 2.31. The summed E-state index contributed by atoms with van der Waals surface area (Å²) in [5.74, 6) is -4.22. The summed E-state index contributed by atoms with van der Waals surface area (Å²) in [6.07, 6.45) is -5.48. The maximum Gasteiger partial charge on any atom is 0.435 e. The van der Waals surface area contributed by atoms with Crippen LogP contribution in [0.4, 0.5) is 18.0 Å². The second-order valence-electron chi connectivity index (χ2n) is 2.45. The molecule has 1 fully saturated rings. The van der Waals surface area contributed by atoms with Crippen molar-refractivity contribution in [2.24, 2.45) is 0 Å². The summed E-state index contributed by atoms with van der Waals surface area (Å²) in [6, 6.07) is -1.41. The monoisotopic (exact) mass is 212 g/mol. The van der Waals surface area contributed by atoms with Gasteiger partial charge in [-0.2, -0.15) is 13.2 Å². The third-order valence-corrected chi connectivity index (χ3v) is 1.52. The minimum atomic E-state index is -5.48. The molecule has 0 aromatic heterocycles. The van der Waals surface area contributed by atoms with E-state index in [0.29, 0.717) is 0 Å². The number of halogens is 3. The van der Waals surface area contributed by atoms with E-state index in [0.717, 1.165) is 10.6 Å². The van der Waals surface area contributed by atoms with Gasteiger partial charge in [-0.3, -0.25) is 20.2 Å². The van der Waals surface area contributed by atoms with Crippen LogP contribution in [0.2, 0.25) is 0 Å². The molecule has 0 unspecified atom stereocenters. The van der Waals surface area contributed by atoms with Gasteiger partial charge in [0.15, 0.2) is 0 Å². The van der Waals surface area contributed by atoms with Crippen LogP contribution < -0.4 is 10.6 Å². The van der Waals surface area contributed by atoms with Gasteiger partial charge in [0.25, 0.3) is 11.8 Å². The number of imide groups is 2. The summed E-state index contributed by atoms with van der Waals surface area (Å²) in [5, 5.41) is 11.0. The number of carbonyl (C=O) groups is 3. The summed E-state index contributed by atoms with van der Waals surface area (Å²) in [5.41, 5.74) is -4.21. The Morgan fingerprint density at radius 2 is 1.43 bits per heavy atom. The van der Waals surface area contributed by atoms with Gasteiger partial charge < -0.3 is 5.11 Å². The molecule has 1 saturated heterocycles. The predicted octanol–water partition coefficient (Wildman–Crippen LogP) is -1.35. The summed E-state index contributed by atoms with van der Waals surface area (Å²) in [4.78, 5) is 31.6. The summed E-state index contributed by atoms with van der Waals surface area (Å²) in [7, 11) is 0. The van der Waals surface area contributed by atoms with Crippen LogP contribution in [0, 0.1) is 0 Å². The quantitative estimate of drug-likeness (QED) is 0.432.